The van der Waals surface area contributed by atoms with Gasteiger partial charge < -0.3 is 15.5 Å². The molecule has 2 atom stereocenters. The van der Waals surface area contributed by atoms with Gasteiger partial charge in [-0.2, -0.15) is 0 Å². The Balaban J connectivity index is 2.44. The Morgan fingerprint density at radius 2 is 2.44 bits per heavy atom. The van der Waals surface area contributed by atoms with Crippen molar-refractivity contribution in [2.75, 3.05) is 13.2 Å². The van der Waals surface area contributed by atoms with Gasteiger partial charge in [-0.05, 0) is 0 Å². The minimum atomic E-state index is -0.524. The molecule has 3 N–H and O–H groups in total. The Hall–Kier alpha value is -0.380. The fourth-order valence-electron chi connectivity index (χ4n) is 0.854. The zero-order valence-electron chi connectivity index (χ0n) is 5.12. The number of hydrogen-bond donors (Lipinski definition) is 3. The Morgan fingerprint density at radius 1 is 1.67 bits per heavy atom. The van der Waals surface area contributed by atoms with Crippen molar-refractivity contribution in [1.29, 1.82) is 0 Å². The van der Waals surface area contributed by atoms with Crippen molar-refractivity contribution >= 4 is 0 Å². The largest absolute Gasteiger partial charge is 0.395 e. The van der Waals surface area contributed by atoms with Crippen LogP contribution in [-0.2, 0) is 0 Å². The summed E-state index contributed by atoms with van der Waals surface area (Å²) >= 11 is 0. The molecule has 0 amide bonds. The van der Waals surface area contributed by atoms with Crippen LogP contribution >= 0.6 is 0 Å². The predicted molar refractivity (Wildman–Crippen MR) is 34.0 cm³/mol. The third-order valence-corrected chi connectivity index (χ3v) is 1.44. The van der Waals surface area contributed by atoms with Gasteiger partial charge in [0.2, 0.25) is 0 Å². The van der Waals surface area contributed by atoms with E-state index in [1.807, 2.05) is 6.08 Å². The molecule has 1 aliphatic rings. The van der Waals surface area contributed by atoms with Gasteiger partial charge >= 0.3 is 0 Å². The smallest absolute Gasteiger partial charge is 0.0896 e. The highest BCUT2D eigenvalue weighted by Crippen LogP contribution is 1.98. The molecular weight excluding hydrogens is 118 g/mol. The van der Waals surface area contributed by atoms with E-state index in [0.29, 0.717) is 0 Å². The van der Waals surface area contributed by atoms with Crippen LogP contribution in [0.4, 0.5) is 0 Å². The van der Waals surface area contributed by atoms with Crippen LogP contribution in [0.15, 0.2) is 12.2 Å². The van der Waals surface area contributed by atoms with Gasteiger partial charge in [-0.25, -0.2) is 0 Å². The van der Waals surface area contributed by atoms with Crippen molar-refractivity contribution in [3.05, 3.63) is 12.2 Å². The van der Waals surface area contributed by atoms with Crippen LogP contribution in [0.5, 0.6) is 0 Å². The summed E-state index contributed by atoms with van der Waals surface area (Å²) < 4.78 is 0. The molecule has 0 spiro atoms. The second-order valence-corrected chi connectivity index (χ2v) is 2.12. The quantitative estimate of drug-likeness (QED) is 0.393. The molecule has 1 heterocycles. The molecule has 1 aliphatic heterocycles. The maximum Gasteiger partial charge on any atom is 0.0896 e. The SMILES string of the molecule is OC[C@H]1NCC=C[C@H]1O. The molecule has 3 heteroatoms. The summed E-state index contributed by atoms with van der Waals surface area (Å²) in [5, 5.41) is 20.6. The molecule has 9 heavy (non-hydrogen) atoms. The van der Waals surface area contributed by atoms with Crippen LogP contribution in [0.2, 0.25) is 0 Å². The summed E-state index contributed by atoms with van der Waals surface area (Å²) in [7, 11) is 0. The van der Waals surface area contributed by atoms with E-state index in [-0.39, 0.29) is 12.6 Å². The fourth-order valence-corrected chi connectivity index (χ4v) is 0.854. The van der Waals surface area contributed by atoms with Crippen LogP contribution in [0, 0.1) is 0 Å². The van der Waals surface area contributed by atoms with Crippen molar-refractivity contribution in [3.63, 3.8) is 0 Å². The fraction of sp³-hybridized carbons (Fsp3) is 0.667. The molecule has 0 aromatic carbocycles. The van der Waals surface area contributed by atoms with Gasteiger partial charge in [-0.15, -0.1) is 0 Å². The Labute approximate surface area is 54.0 Å². The van der Waals surface area contributed by atoms with E-state index >= 15 is 0 Å². The normalized spacial score (nSPS) is 34.9. The number of aliphatic hydroxyl groups is 2. The zero-order chi connectivity index (χ0) is 6.69. The first-order chi connectivity index (χ1) is 4.34. The van der Waals surface area contributed by atoms with E-state index in [1.165, 1.54) is 0 Å². The Morgan fingerprint density at radius 3 is 2.89 bits per heavy atom. The van der Waals surface area contributed by atoms with Gasteiger partial charge in [0.1, 0.15) is 0 Å². The van der Waals surface area contributed by atoms with Gasteiger partial charge in [-0.1, -0.05) is 12.2 Å². The number of nitrogens with one attached hydrogen (secondary N) is 1. The molecule has 0 aromatic rings. The summed E-state index contributed by atoms with van der Waals surface area (Å²) in [6, 6.07) is -0.171. The van der Waals surface area contributed by atoms with E-state index in [1.54, 1.807) is 6.08 Å². The van der Waals surface area contributed by atoms with Crippen LogP contribution in [0.25, 0.3) is 0 Å². The molecule has 0 bridgehead atoms. The van der Waals surface area contributed by atoms with E-state index in [9.17, 15) is 0 Å². The molecule has 0 saturated carbocycles. The molecule has 0 unspecified atom stereocenters. The third-order valence-electron chi connectivity index (χ3n) is 1.44. The maximum absolute atomic E-state index is 9.06. The van der Waals surface area contributed by atoms with Crippen molar-refractivity contribution in [1.82, 2.24) is 5.32 Å². The summed E-state index contributed by atoms with van der Waals surface area (Å²) in [5.41, 5.74) is 0. The highest BCUT2D eigenvalue weighted by Gasteiger charge is 2.16. The lowest BCUT2D eigenvalue weighted by atomic mass is 10.1. The first-order valence-electron chi connectivity index (χ1n) is 3.03. The van der Waals surface area contributed by atoms with Gasteiger partial charge in [0, 0.05) is 6.54 Å². The summed E-state index contributed by atoms with van der Waals surface area (Å²) in [6.45, 7) is 0.730. The maximum atomic E-state index is 9.06. The molecule has 52 valence electrons. The second kappa shape index (κ2) is 2.96. The molecule has 0 radical (unpaired) electrons. The van der Waals surface area contributed by atoms with Crippen LogP contribution in [0.1, 0.15) is 0 Å². The Bertz CT molecular complexity index is 114. The van der Waals surface area contributed by atoms with Crippen molar-refractivity contribution in [2.24, 2.45) is 0 Å². The summed E-state index contributed by atoms with van der Waals surface area (Å²) in [5.74, 6) is 0. The van der Waals surface area contributed by atoms with Gasteiger partial charge in [0.05, 0.1) is 18.8 Å². The lowest BCUT2D eigenvalue weighted by Crippen LogP contribution is -2.44. The lowest BCUT2D eigenvalue weighted by molar-refractivity contribution is 0.120. The topological polar surface area (TPSA) is 52.5 Å². The highest BCUT2D eigenvalue weighted by atomic mass is 16.3. The van der Waals surface area contributed by atoms with Gasteiger partial charge in [0.15, 0.2) is 0 Å². The molecule has 0 aromatic heterocycles. The van der Waals surface area contributed by atoms with Crippen molar-refractivity contribution < 1.29 is 10.2 Å². The van der Waals surface area contributed by atoms with Crippen LogP contribution in [-0.4, -0.2) is 35.5 Å². The second-order valence-electron chi connectivity index (χ2n) is 2.12. The average molecular weight is 129 g/mol. The number of aliphatic hydroxyl groups excluding tert-OH is 2. The van der Waals surface area contributed by atoms with E-state index in [0.717, 1.165) is 6.54 Å². The minimum Gasteiger partial charge on any atom is -0.395 e. The zero-order valence-corrected chi connectivity index (χ0v) is 5.12. The first kappa shape index (κ1) is 6.74. The van der Waals surface area contributed by atoms with Crippen LogP contribution < -0.4 is 5.32 Å². The van der Waals surface area contributed by atoms with Gasteiger partial charge in [0.25, 0.3) is 0 Å². The van der Waals surface area contributed by atoms with Crippen LogP contribution in [0.3, 0.4) is 0 Å². The standard InChI is InChI=1S/C6H11NO2/c8-4-5-6(9)2-1-3-7-5/h1-2,5-9H,3-4H2/t5-,6-/m1/s1. The molecule has 0 saturated heterocycles. The van der Waals surface area contributed by atoms with Gasteiger partial charge in [-0.3, -0.25) is 0 Å². The molecule has 3 nitrogen and oxygen atoms in total. The minimum absolute atomic E-state index is 0.00843. The van der Waals surface area contributed by atoms with E-state index < -0.39 is 6.10 Å². The summed E-state index contributed by atoms with van der Waals surface area (Å²) in [6.07, 6.45) is 3.01. The number of hydrogen-bond acceptors (Lipinski definition) is 3. The monoisotopic (exact) mass is 129 g/mol. The average Bonchev–Trinajstić information content (AvgIpc) is 1.89. The molecule has 1 rings (SSSR count). The Kier molecular flexibility index (Phi) is 2.22. The number of rotatable bonds is 1. The first-order valence-corrected chi connectivity index (χ1v) is 3.03. The summed E-state index contributed by atoms with van der Waals surface area (Å²) in [4.78, 5) is 0. The van der Waals surface area contributed by atoms with E-state index in [2.05, 4.69) is 5.32 Å². The van der Waals surface area contributed by atoms with Crippen molar-refractivity contribution in [2.45, 2.75) is 12.1 Å². The van der Waals surface area contributed by atoms with E-state index in [4.69, 9.17) is 10.2 Å². The highest BCUT2D eigenvalue weighted by molar-refractivity contribution is 5.01. The molecule has 0 aliphatic carbocycles. The lowest BCUT2D eigenvalue weighted by Gasteiger charge is -2.22. The third kappa shape index (κ3) is 1.51. The van der Waals surface area contributed by atoms with Crippen molar-refractivity contribution in [3.8, 4) is 0 Å². The predicted octanol–water partition coefficient (Wildman–Crippen LogP) is -1.13. The molecule has 0 fully saturated rings. The molecular formula is C6H11NO2.